The van der Waals surface area contributed by atoms with Crippen molar-refractivity contribution in [2.45, 2.75) is 40.0 Å². The van der Waals surface area contributed by atoms with Crippen molar-refractivity contribution in [2.24, 2.45) is 0 Å². The smallest absolute Gasteiger partial charge is 0.999 e. The van der Waals surface area contributed by atoms with Crippen LogP contribution in [0.4, 0.5) is 0 Å². The second-order valence-corrected chi connectivity index (χ2v) is 2.80. The fourth-order valence-corrected chi connectivity index (χ4v) is 0.180. The molecule has 0 unspecified atom stereocenters. The minimum Gasteiger partial charge on any atom is -0.999 e. The van der Waals surface area contributed by atoms with Crippen LogP contribution < -0.4 is 15.3 Å². The molecule has 1 rings (SSSR count). The van der Waals surface area contributed by atoms with E-state index in [0.717, 1.165) is 19.3 Å². The Balaban J connectivity index is -0.0000000719. The number of hydrogen-bond acceptors (Lipinski definition) is 3. The predicted octanol–water partition coefficient (Wildman–Crippen LogP) is -0.126. The average molecular weight is 286 g/mol. The standard InChI is InChI=1S/C5H.3C3H7O.Ti/c1-2-4-5-3-1;3*1-2-3-4;/h1H;3*2-3H2,1H3;/q-5;3*-1;+4. The van der Waals surface area contributed by atoms with Crippen molar-refractivity contribution in [3.05, 3.63) is 30.3 Å². The van der Waals surface area contributed by atoms with Gasteiger partial charge < -0.3 is 45.7 Å². The van der Waals surface area contributed by atoms with Gasteiger partial charge in [-0.15, -0.1) is 19.8 Å². The first-order valence-corrected chi connectivity index (χ1v) is 5.81. The largest absolute Gasteiger partial charge is 4.00 e. The molecule has 0 fully saturated rings. The van der Waals surface area contributed by atoms with Crippen LogP contribution in [-0.2, 0) is 21.7 Å². The summed E-state index contributed by atoms with van der Waals surface area (Å²) < 4.78 is 0. The minimum atomic E-state index is 0. The molecule has 0 aliphatic heterocycles. The van der Waals surface area contributed by atoms with Crippen molar-refractivity contribution in [3.63, 3.8) is 0 Å². The van der Waals surface area contributed by atoms with Gasteiger partial charge in [0.15, 0.2) is 0 Å². The minimum absolute atomic E-state index is 0. The summed E-state index contributed by atoms with van der Waals surface area (Å²) in [6.07, 6.45) is 2.29. The Labute approximate surface area is 127 Å². The molecule has 0 saturated carbocycles. The Morgan fingerprint density at radius 2 is 0.944 bits per heavy atom. The summed E-state index contributed by atoms with van der Waals surface area (Å²) in [6, 6.07) is 12.0. The third-order valence-corrected chi connectivity index (χ3v) is 0.964. The van der Waals surface area contributed by atoms with Crippen molar-refractivity contribution in [3.8, 4) is 0 Å². The summed E-state index contributed by atoms with van der Waals surface area (Å²) in [7, 11) is 0. The normalized spacial score (nSPS) is 7.22. The molecule has 3 nitrogen and oxygen atoms in total. The van der Waals surface area contributed by atoms with Crippen molar-refractivity contribution in [1.29, 1.82) is 0 Å². The molecule has 0 bridgehead atoms. The van der Waals surface area contributed by atoms with Crippen LogP contribution in [-0.4, -0.2) is 19.8 Å². The average Bonchev–Trinajstić information content (AvgIpc) is 2.98. The molecule has 0 atom stereocenters. The maximum atomic E-state index is 9.30. The Hall–Kier alpha value is -0.0557. The summed E-state index contributed by atoms with van der Waals surface area (Å²) in [5.41, 5.74) is 0. The van der Waals surface area contributed by atoms with E-state index in [-0.39, 0.29) is 41.5 Å². The predicted molar refractivity (Wildman–Crippen MR) is 62.9 cm³/mol. The van der Waals surface area contributed by atoms with E-state index in [0.29, 0.717) is 0 Å². The zero-order valence-electron chi connectivity index (χ0n) is 11.5. The summed E-state index contributed by atoms with van der Waals surface area (Å²) in [5.74, 6) is 0. The Morgan fingerprint density at radius 3 is 1.00 bits per heavy atom. The molecule has 4 heteroatoms. The van der Waals surface area contributed by atoms with Gasteiger partial charge in [0, 0.05) is 0 Å². The molecule has 0 radical (unpaired) electrons. The van der Waals surface area contributed by atoms with Gasteiger partial charge in [0.25, 0.3) is 0 Å². The Kier molecular flexibility index (Phi) is 52.9. The maximum Gasteiger partial charge on any atom is 4.00 e. The summed E-state index contributed by atoms with van der Waals surface area (Å²) in [6.45, 7) is 5.81. The molecule has 104 valence electrons. The monoisotopic (exact) mass is 286 g/mol. The van der Waals surface area contributed by atoms with Crippen LogP contribution >= 0.6 is 0 Å². The third-order valence-electron chi connectivity index (χ3n) is 0.964. The van der Waals surface area contributed by atoms with Gasteiger partial charge in [0.2, 0.25) is 0 Å². The Bertz CT molecular complexity index is 123. The van der Waals surface area contributed by atoms with E-state index in [4.69, 9.17) is 0 Å². The fraction of sp³-hybridized carbons (Fsp3) is 0.643. The first kappa shape index (κ1) is 26.5. The van der Waals surface area contributed by atoms with Gasteiger partial charge in [-0.1, -0.05) is 40.0 Å². The molecule has 0 saturated heterocycles. The molecule has 18 heavy (non-hydrogen) atoms. The van der Waals surface area contributed by atoms with E-state index in [1.54, 1.807) is 6.07 Å². The second-order valence-electron chi connectivity index (χ2n) is 2.80. The van der Waals surface area contributed by atoms with Crippen molar-refractivity contribution < 1.29 is 37.0 Å². The van der Waals surface area contributed by atoms with Gasteiger partial charge in [-0.05, 0) is 0 Å². The molecule has 1 aromatic rings. The van der Waals surface area contributed by atoms with Gasteiger partial charge >= 0.3 is 21.7 Å². The zero-order chi connectivity index (χ0) is 13.8. The van der Waals surface area contributed by atoms with Crippen molar-refractivity contribution >= 4 is 0 Å². The fourth-order valence-electron chi connectivity index (χ4n) is 0.180. The molecule has 0 aliphatic carbocycles. The van der Waals surface area contributed by atoms with E-state index in [2.05, 4.69) is 24.3 Å². The molecule has 0 N–H and O–H groups in total. The molecular weight excluding hydrogens is 264 g/mol. The molecule has 0 amide bonds. The molecule has 0 aromatic heterocycles. The number of rotatable bonds is 3. The Morgan fingerprint density at radius 1 is 0.722 bits per heavy atom. The van der Waals surface area contributed by atoms with E-state index < -0.39 is 0 Å². The van der Waals surface area contributed by atoms with Gasteiger partial charge in [-0.3, -0.25) is 0 Å². The van der Waals surface area contributed by atoms with Gasteiger partial charge in [0.1, 0.15) is 0 Å². The molecular formula is C14H22O3Ti-4. The topological polar surface area (TPSA) is 69.2 Å². The molecule has 0 aliphatic rings. The maximum absolute atomic E-state index is 9.30. The van der Waals surface area contributed by atoms with Crippen LogP contribution in [0.25, 0.3) is 0 Å². The van der Waals surface area contributed by atoms with E-state index >= 15 is 0 Å². The molecule has 0 heterocycles. The van der Waals surface area contributed by atoms with Crippen LogP contribution in [0.5, 0.6) is 0 Å². The first-order chi connectivity index (χ1) is 8.24. The van der Waals surface area contributed by atoms with Gasteiger partial charge in [0.05, 0.1) is 0 Å². The first-order valence-electron chi connectivity index (χ1n) is 5.81. The van der Waals surface area contributed by atoms with Crippen LogP contribution in [0, 0.1) is 24.3 Å². The third kappa shape index (κ3) is 56.4. The summed E-state index contributed by atoms with van der Waals surface area (Å²) >= 11 is 0. The van der Waals surface area contributed by atoms with Crippen molar-refractivity contribution in [2.75, 3.05) is 19.8 Å². The quantitative estimate of drug-likeness (QED) is 0.574. The van der Waals surface area contributed by atoms with E-state index in [9.17, 15) is 15.3 Å². The van der Waals surface area contributed by atoms with Gasteiger partial charge in [-0.25, -0.2) is 0 Å². The van der Waals surface area contributed by atoms with Crippen LogP contribution in [0.15, 0.2) is 6.07 Å². The number of hydrogen-bond donors (Lipinski definition) is 0. The van der Waals surface area contributed by atoms with Crippen LogP contribution in [0.2, 0.25) is 0 Å². The summed E-state index contributed by atoms with van der Waals surface area (Å²) in [4.78, 5) is 0. The van der Waals surface area contributed by atoms with Crippen LogP contribution in [0.1, 0.15) is 40.0 Å². The van der Waals surface area contributed by atoms with Crippen LogP contribution in [0.3, 0.4) is 0 Å². The van der Waals surface area contributed by atoms with E-state index in [1.165, 1.54) is 0 Å². The zero-order valence-corrected chi connectivity index (χ0v) is 13.1. The summed E-state index contributed by atoms with van der Waals surface area (Å²) in [5, 5.41) is 27.9. The molecule has 0 spiro atoms. The molecule has 1 aromatic carbocycles. The van der Waals surface area contributed by atoms with Crippen molar-refractivity contribution in [1.82, 2.24) is 0 Å². The van der Waals surface area contributed by atoms with Gasteiger partial charge in [-0.2, -0.15) is 0 Å². The second kappa shape index (κ2) is 36.0. The SMILES string of the molecule is CCC[O-].CCC[O-].CCC[O-].[Ti+4].[c-]1[c-][c-][cH-][c-]1. The van der Waals surface area contributed by atoms with E-state index in [1.807, 2.05) is 20.8 Å².